The van der Waals surface area contributed by atoms with Gasteiger partial charge in [0, 0.05) is 29.3 Å². The molecule has 2 atom stereocenters. The van der Waals surface area contributed by atoms with Gasteiger partial charge in [-0.25, -0.2) is 4.79 Å². The second-order valence-corrected chi connectivity index (χ2v) is 13.0. The SMILES string of the molecule is COc1ccc(COc2cccc(-c3cc(C(=O)Nc4cc([C@H]5CC[C@@H](OC(=O)NC(C)C)C5)[nH]n4)n(C4CC4)n3)c2C2OCCO2)cc1. The summed E-state index contributed by atoms with van der Waals surface area (Å²) in [4.78, 5) is 25.8. The Labute approximate surface area is 284 Å². The summed E-state index contributed by atoms with van der Waals surface area (Å²) in [5.74, 6) is 1.67. The van der Waals surface area contributed by atoms with Gasteiger partial charge in [-0.3, -0.25) is 14.6 Å². The fraction of sp³-hybridized carbons (Fsp3) is 0.444. The molecule has 4 aromatic rings. The highest BCUT2D eigenvalue weighted by atomic mass is 16.7. The quantitative estimate of drug-likeness (QED) is 0.159. The Morgan fingerprint density at radius 3 is 2.57 bits per heavy atom. The third kappa shape index (κ3) is 7.57. The van der Waals surface area contributed by atoms with Gasteiger partial charge in [0.25, 0.3) is 5.91 Å². The minimum atomic E-state index is -0.627. The zero-order valence-electron chi connectivity index (χ0n) is 27.9. The third-order valence-corrected chi connectivity index (χ3v) is 8.96. The predicted molar refractivity (Wildman–Crippen MR) is 180 cm³/mol. The molecule has 49 heavy (non-hydrogen) atoms. The van der Waals surface area contributed by atoms with Crippen LogP contribution in [0, 0.1) is 0 Å². The standard InChI is InChI=1S/C36H42N6O7/c1-21(2)37-36(44)49-26-14-9-23(17-26)28-19-32(40-39-28)38-34(43)30-18-29(41-42(30)24-10-11-24)27-5-4-6-31(33(27)35-46-15-16-47-35)48-20-22-7-12-25(45-3)13-8-22/h4-8,12-13,18-19,21,23-24,26,35H,9-11,14-17,20H2,1-3H3,(H,37,44)(H2,38,39,40,43)/t23-,26+/m0/s1. The second kappa shape index (κ2) is 14.3. The van der Waals surface area contributed by atoms with E-state index in [9.17, 15) is 9.59 Å². The molecule has 7 rings (SSSR count). The number of hydrogen-bond acceptors (Lipinski definition) is 9. The van der Waals surface area contributed by atoms with Crippen LogP contribution >= 0.6 is 0 Å². The molecule has 2 aliphatic carbocycles. The molecule has 2 aromatic heterocycles. The van der Waals surface area contributed by atoms with Crippen LogP contribution in [0.1, 0.15) is 91.5 Å². The molecule has 1 aliphatic heterocycles. The largest absolute Gasteiger partial charge is 0.497 e. The van der Waals surface area contributed by atoms with Crippen LogP contribution in [0.4, 0.5) is 10.6 Å². The highest BCUT2D eigenvalue weighted by Gasteiger charge is 2.33. The lowest BCUT2D eigenvalue weighted by Crippen LogP contribution is -2.33. The average molecular weight is 671 g/mol. The summed E-state index contributed by atoms with van der Waals surface area (Å²) < 4.78 is 30.9. The molecule has 2 aromatic carbocycles. The van der Waals surface area contributed by atoms with Gasteiger partial charge in [-0.05, 0) is 75.8 Å². The Bertz CT molecular complexity index is 1770. The maximum atomic E-state index is 13.7. The summed E-state index contributed by atoms with van der Waals surface area (Å²) in [5.41, 5.74) is 4.46. The van der Waals surface area contributed by atoms with Gasteiger partial charge in [0.15, 0.2) is 12.1 Å². The summed E-state index contributed by atoms with van der Waals surface area (Å²) in [6.45, 7) is 5.07. The molecule has 0 bridgehead atoms. The molecule has 2 saturated carbocycles. The van der Waals surface area contributed by atoms with Crippen molar-refractivity contribution in [3.05, 3.63) is 77.1 Å². The minimum Gasteiger partial charge on any atom is -0.497 e. The number of aromatic nitrogens is 4. The molecule has 3 heterocycles. The van der Waals surface area contributed by atoms with Gasteiger partial charge in [-0.15, -0.1) is 0 Å². The van der Waals surface area contributed by atoms with E-state index in [1.165, 1.54) is 0 Å². The molecule has 3 fully saturated rings. The molecular formula is C36H42N6O7. The number of methoxy groups -OCH3 is 1. The Morgan fingerprint density at radius 2 is 1.84 bits per heavy atom. The molecule has 258 valence electrons. The van der Waals surface area contributed by atoms with E-state index in [0.717, 1.165) is 53.8 Å². The van der Waals surface area contributed by atoms with Crippen molar-refractivity contribution >= 4 is 17.8 Å². The zero-order valence-corrected chi connectivity index (χ0v) is 27.9. The van der Waals surface area contributed by atoms with Gasteiger partial charge in [0.1, 0.15) is 29.9 Å². The number of aromatic amines is 1. The maximum Gasteiger partial charge on any atom is 0.407 e. The molecular weight excluding hydrogens is 628 g/mol. The van der Waals surface area contributed by atoms with E-state index in [4.69, 9.17) is 28.8 Å². The monoisotopic (exact) mass is 670 g/mol. The van der Waals surface area contributed by atoms with Crippen molar-refractivity contribution in [3.8, 4) is 22.8 Å². The van der Waals surface area contributed by atoms with Crippen molar-refractivity contribution < 1.29 is 33.3 Å². The molecule has 2 amide bonds. The smallest absolute Gasteiger partial charge is 0.407 e. The van der Waals surface area contributed by atoms with E-state index < -0.39 is 12.4 Å². The Kier molecular flexibility index (Phi) is 9.54. The van der Waals surface area contributed by atoms with Crippen molar-refractivity contribution in [2.75, 3.05) is 25.6 Å². The summed E-state index contributed by atoms with van der Waals surface area (Å²) in [5, 5.41) is 18.1. The number of nitrogens with one attached hydrogen (secondary N) is 3. The minimum absolute atomic E-state index is 0.0167. The number of carbonyl (C=O) groups is 2. The van der Waals surface area contributed by atoms with Crippen molar-refractivity contribution in [1.82, 2.24) is 25.3 Å². The van der Waals surface area contributed by atoms with Crippen LogP contribution < -0.4 is 20.1 Å². The Hall–Kier alpha value is -4.88. The Balaban J connectivity index is 1.08. The number of rotatable bonds is 12. The van der Waals surface area contributed by atoms with Crippen LogP contribution in [0.2, 0.25) is 0 Å². The lowest BCUT2D eigenvalue weighted by molar-refractivity contribution is -0.0454. The van der Waals surface area contributed by atoms with Crippen LogP contribution in [-0.4, -0.2) is 64.4 Å². The number of alkyl carbamates (subject to hydrolysis) is 1. The van der Waals surface area contributed by atoms with Gasteiger partial charge in [-0.2, -0.15) is 10.2 Å². The van der Waals surface area contributed by atoms with Crippen LogP contribution in [0.3, 0.4) is 0 Å². The number of ether oxygens (including phenoxy) is 5. The van der Waals surface area contributed by atoms with Crippen LogP contribution in [0.25, 0.3) is 11.3 Å². The molecule has 0 unspecified atom stereocenters. The highest BCUT2D eigenvalue weighted by molar-refractivity contribution is 6.03. The van der Waals surface area contributed by atoms with E-state index in [0.29, 0.717) is 49.2 Å². The van der Waals surface area contributed by atoms with Crippen LogP contribution in [0.15, 0.2) is 54.6 Å². The normalized spacial score (nSPS) is 19.3. The van der Waals surface area contributed by atoms with Crippen molar-refractivity contribution in [2.45, 2.75) is 83.0 Å². The number of benzene rings is 2. The van der Waals surface area contributed by atoms with Gasteiger partial charge >= 0.3 is 6.09 Å². The van der Waals surface area contributed by atoms with Crippen LogP contribution in [0.5, 0.6) is 11.5 Å². The van der Waals surface area contributed by atoms with Crippen molar-refractivity contribution in [2.24, 2.45) is 0 Å². The molecule has 1 saturated heterocycles. The molecule has 13 nitrogen and oxygen atoms in total. The van der Waals surface area contributed by atoms with E-state index in [2.05, 4.69) is 20.8 Å². The van der Waals surface area contributed by atoms with Gasteiger partial charge in [0.05, 0.1) is 37.6 Å². The van der Waals surface area contributed by atoms with E-state index >= 15 is 0 Å². The van der Waals surface area contributed by atoms with Crippen molar-refractivity contribution in [1.29, 1.82) is 0 Å². The lowest BCUT2D eigenvalue weighted by atomic mass is 10.0. The Morgan fingerprint density at radius 1 is 1.04 bits per heavy atom. The van der Waals surface area contributed by atoms with Crippen molar-refractivity contribution in [3.63, 3.8) is 0 Å². The second-order valence-electron chi connectivity index (χ2n) is 13.0. The zero-order chi connectivity index (χ0) is 33.9. The number of carbonyl (C=O) groups excluding carboxylic acids is 2. The van der Waals surface area contributed by atoms with Gasteiger partial charge < -0.3 is 34.3 Å². The summed E-state index contributed by atoms with van der Waals surface area (Å²) >= 11 is 0. The summed E-state index contributed by atoms with van der Waals surface area (Å²) in [6.07, 6.45) is 3.03. The summed E-state index contributed by atoms with van der Waals surface area (Å²) in [7, 11) is 1.64. The van der Waals surface area contributed by atoms with Gasteiger partial charge in [0.2, 0.25) is 0 Å². The molecule has 13 heteroatoms. The highest BCUT2D eigenvalue weighted by Crippen LogP contribution is 2.42. The average Bonchev–Trinajstić information content (AvgIpc) is 3.54. The first-order chi connectivity index (χ1) is 23.8. The number of anilines is 1. The molecule has 0 radical (unpaired) electrons. The van der Waals surface area contributed by atoms with Gasteiger partial charge in [-0.1, -0.05) is 24.3 Å². The fourth-order valence-corrected chi connectivity index (χ4v) is 6.38. The maximum absolute atomic E-state index is 13.7. The van der Waals surface area contributed by atoms with E-state index in [-0.39, 0.29) is 30.0 Å². The predicted octanol–water partition coefficient (Wildman–Crippen LogP) is 6.26. The third-order valence-electron chi connectivity index (χ3n) is 8.96. The van der Waals surface area contributed by atoms with E-state index in [1.54, 1.807) is 7.11 Å². The summed E-state index contributed by atoms with van der Waals surface area (Å²) in [6, 6.07) is 17.3. The topological polar surface area (TPSA) is 151 Å². The molecule has 0 spiro atoms. The van der Waals surface area contributed by atoms with E-state index in [1.807, 2.05) is 73.1 Å². The lowest BCUT2D eigenvalue weighted by Gasteiger charge is -2.19. The fourth-order valence-electron chi connectivity index (χ4n) is 6.38. The number of hydrogen-bond donors (Lipinski definition) is 3. The molecule has 3 N–H and O–H groups in total. The first-order valence-corrected chi connectivity index (χ1v) is 16.9. The molecule has 3 aliphatic rings. The first-order valence-electron chi connectivity index (χ1n) is 16.9. The number of nitrogens with zero attached hydrogens (tertiary/aromatic N) is 3. The first kappa shape index (κ1) is 32.7. The number of H-pyrrole nitrogens is 1. The van der Waals surface area contributed by atoms with Crippen LogP contribution in [-0.2, 0) is 20.8 Å². The number of amides is 2.